The van der Waals surface area contributed by atoms with Gasteiger partial charge in [0.05, 0.1) is 42.2 Å². The normalized spacial score (nSPS) is 15.3. The van der Waals surface area contributed by atoms with Crippen LogP contribution in [0.4, 0.5) is 0 Å². The van der Waals surface area contributed by atoms with Crippen molar-refractivity contribution in [2.24, 2.45) is 4.99 Å². The van der Waals surface area contributed by atoms with Crippen molar-refractivity contribution < 1.29 is 19.0 Å². The molecular formula is C31H36N2O5S. The number of aromatic nitrogens is 1. The number of rotatable bonds is 10. The predicted octanol–water partition coefficient (Wildman–Crippen LogP) is 5.11. The summed E-state index contributed by atoms with van der Waals surface area (Å²) in [6, 6.07) is 13.1. The van der Waals surface area contributed by atoms with Gasteiger partial charge in [0, 0.05) is 5.56 Å². The van der Waals surface area contributed by atoms with Gasteiger partial charge < -0.3 is 14.2 Å². The Balaban J connectivity index is 1.99. The second-order valence-corrected chi connectivity index (χ2v) is 10.6. The zero-order valence-corrected chi connectivity index (χ0v) is 24.3. The van der Waals surface area contributed by atoms with Gasteiger partial charge >= 0.3 is 5.97 Å². The van der Waals surface area contributed by atoms with E-state index < -0.39 is 12.0 Å². The monoisotopic (exact) mass is 548 g/mol. The number of hydrogen-bond acceptors (Lipinski definition) is 7. The Morgan fingerprint density at radius 2 is 1.85 bits per heavy atom. The zero-order chi connectivity index (χ0) is 28.1. The number of fused-ring (bicyclic) bond motifs is 1. The minimum absolute atomic E-state index is 0.223. The number of allylic oxidation sites excluding steroid dienone is 1. The Hall–Kier alpha value is -3.65. The van der Waals surface area contributed by atoms with E-state index in [0.29, 0.717) is 51.0 Å². The highest BCUT2D eigenvalue weighted by Crippen LogP contribution is 2.34. The summed E-state index contributed by atoms with van der Waals surface area (Å²) in [5, 5.41) is 0. The van der Waals surface area contributed by atoms with E-state index in [-0.39, 0.29) is 12.2 Å². The van der Waals surface area contributed by atoms with Gasteiger partial charge in [-0.2, -0.15) is 0 Å². The number of nitrogens with zero attached hydrogens (tertiary/aromatic N) is 2. The lowest BCUT2D eigenvalue weighted by Crippen LogP contribution is -2.40. The fourth-order valence-electron chi connectivity index (χ4n) is 4.75. The molecule has 0 saturated heterocycles. The van der Waals surface area contributed by atoms with Gasteiger partial charge in [-0.1, -0.05) is 74.9 Å². The van der Waals surface area contributed by atoms with Gasteiger partial charge in [-0.3, -0.25) is 9.36 Å². The number of carbonyl (C=O) groups excluding carboxylic acids is 1. The molecule has 0 radical (unpaired) electrons. The number of ether oxygens (including phenoxy) is 3. The summed E-state index contributed by atoms with van der Waals surface area (Å²) in [4.78, 5) is 32.8. The van der Waals surface area contributed by atoms with Crippen LogP contribution in [0, 0.1) is 0 Å². The van der Waals surface area contributed by atoms with Crippen molar-refractivity contribution in [2.45, 2.75) is 59.4 Å². The summed E-state index contributed by atoms with van der Waals surface area (Å²) in [6.07, 6.45) is 3.21. The highest BCUT2D eigenvalue weighted by molar-refractivity contribution is 7.07. The molecule has 1 aromatic heterocycles. The second-order valence-electron chi connectivity index (χ2n) is 9.55. The average molecular weight is 549 g/mol. The van der Waals surface area contributed by atoms with Gasteiger partial charge in [-0.25, -0.2) is 9.79 Å². The maximum Gasteiger partial charge on any atom is 0.338 e. The first kappa shape index (κ1) is 28.4. The van der Waals surface area contributed by atoms with Crippen molar-refractivity contribution in [2.75, 3.05) is 20.3 Å². The summed E-state index contributed by atoms with van der Waals surface area (Å²) < 4.78 is 19.0. The Bertz CT molecular complexity index is 1550. The molecule has 0 unspecified atom stereocenters. The summed E-state index contributed by atoms with van der Waals surface area (Å²) >= 11 is 1.31. The smallest absolute Gasteiger partial charge is 0.338 e. The Labute approximate surface area is 233 Å². The van der Waals surface area contributed by atoms with Crippen LogP contribution in [0.2, 0.25) is 0 Å². The van der Waals surface area contributed by atoms with Crippen molar-refractivity contribution >= 4 is 23.4 Å². The molecule has 0 N–H and O–H groups in total. The molecule has 1 aliphatic heterocycles. The molecule has 0 spiro atoms. The van der Waals surface area contributed by atoms with Crippen molar-refractivity contribution in [3.8, 4) is 11.5 Å². The summed E-state index contributed by atoms with van der Waals surface area (Å²) in [5.74, 6) is 1.09. The van der Waals surface area contributed by atoms with E-state index in [1.165, 1.54) is 16.9 Å². The van der Waals surface area contributed by atoms with E-state index in [0.717, 1.165) is 17.5 Å². The van der Waals surface area contributed by atoms with E-state index in [1.807, 2.05) is 50.3 Å². The molecule has 1 aliphatic rings. The highest BCUT2D eigenvalue weighted by Gasteiger charge is 2.34. The number of esters is 1. The molecule has 0 bridgehead atoms. The molecule has 39 heavy (non-hydrogen) atoms. The van der Waals surface area contributed by atoms with Crippen molar-refractivity contribution in [3.63, 3.8) is 0 Å². The molecule has 7 nitrogen and oxygen atoms in total. The predicted molar refractivity (Wildman–Crippen MR) is 154 cm³/mol. The largest absolute Gasteiger partial charge is 0.493 e. The number of methoxy groups -OCH3 is 1. The average Bonchev–Trinajstić information content (AvgIpc) is 3.23. The Morgan fingerprint density at radius 3 is 2.46 bits per heavy atom. The van der Waals surface area contributed by atoms with Crippen LogP contribution in [0.25, 0.3) is 6.08 Å². The van der Waals surface area contributed by atoms with E-state index >= 15 is 0 Å². The van der Waals surface area contributed by atoms with Gasteiger partial charge in [0.1, 0.15) is 0 Å². The minimum atomic E-state index is -0.637. The molecule has 206 valence electrons. The number of para-hydroxylation sites is 1. The lowest BCUT2D eigenvalue weighted by molar-refractivity contribution is -0.139. The molecule has 0 fully saturated rings. The van der Waals surface area contributed by atoms with E-state index in [4.69, 9.17) is 19.2 Å². The SMILES string of the molecule is CCCC1=C(C(=O)OCC)[C@H](c2ccc(C(C)C)cc2)n2c(s/c(=C\c3cccc(OC)c3OCC)c2=O)=N1. The quantitative estimate of drug-likeness (QED) is 0.329. The Kier molecular flexibility index (Phi) is 9.07. The van der Waals surface area contributed by atoms with Crippen LogP contribution in [0.5, 0.6) is 11.5 Å². The fraction of sp³-hybridized carbons (Fsp3) is 0.387. The Morgan fingerprint density at radius 1 is 1.10 bits per heavy atom. The van der Waals surface area contributed by atoms with Crippen molar-refractivity contribution in [1.29, 1.82) is 0 Å². The van der Waals surface area contributed by atoms with Crippen LogP contribution in [0.3, 0.4) is 0 Å². The van der Waals surface area contributed by atoms with Crippen LogP contribution in [0.1, 0.15) is 76.1 Å². The summed E-state index contributed by atoms with van der Waals surface area (Å²) in [7, 11) is 1.59. The fourth-order valence-corrected chi connectivity index (χ4v) is 5.76. The third kappa shape index (κ3) is 5.71. The van der Waals surface area contributed by atoms with Gasteiger partial charge in [0.2, 0.25) is 0 Å². The third-order valence-electron chi connectivity index (χ3n) is 6.62. The molecular weight excluding hydrogens is 512 g/mol. The van der Waals surface area contributed by atoms with Crippen molar-refractivity contribution in [3.05, 3.63) is 90.1 Å². The number of benzene rings is 2. The molecule has 0 amide bonds. The van der Waals surface area contributed by atoms with Crippen LogP contribution >= 0.6 is 11.3 Å². The molecule has 2 heterocycles. The minimum Gasteiger partial charge on any atom is -0.493 e. The lowest BCUT2D eigenvalue weighted by atomic mass is 9.92. The number of thiazole rings is 1. The number of hydrogen-bond donors (Lipinski definition) is 0. The third-order valence-corrected chi connectivity index (χ3v) is 7.60. The first-order valence-electron chi connectivity index (χ1n) is 13.5. The summed E-state index contributed by atoms with van der Waals surface area (Å²) in [5.41, 5.74) is 3.62. The standard InChI is InChI=1S/C31H36N2O5S/c1-7-11-23-26(30(35)38-9-3)27(21-16-14-20(15-17-21)19(4)5)33-29(34)25(39-31(33)32-23)18-22-12-10-13-24(36-6)28(22)37-8-2/h10,12-19,27H,7-9,11H2,1-6H3/b25-18-/t27-/m0/s1. The maximum atomic E-state index is 14.0. The van der Waals surface area contributed by atoms with E-state index in [9.17, 15) is 9.59 Å². The molecule has 0 saturated carbocycles. The molecule has 8 heteroatoms. The summed E-state index contributed by atoms with van der Waals surface area (Å²) in [6.45, 7) is 10.7. The first-order chi connectivity index (χ1) is 18.8. The van der Waals surface area contributed by atoms with Crippen molar-refractivity contribution in [1.82, 2.24) is 4.57 Å². The molecule has 0 aliphatic carbocycles. The molecule has 2 aromatic carbocycles. The zero-order valence-electron chi connectivity index (χ0n) is 23.4. The maximum absolute atomic E-state index is 14.0. The topological polar surface area (TPSA) is 79.1 Å². The van der Waals surface area contributed by atoms with Gasteiger partial charge in [0.15, 0.2) is 16.3 Å². The molecule has 1 atom stereocenters. The highest BCUT2D eigenvalue weighted by atomic mass is 32.1. The van der Waals surface area contributed by atoms with Crippen LogP contribution in [-0.4, -0.2) is 30.9 Å². The van der Waals surface area contributed by atoms with Gasteiger partial charge in [0.25, 0.3) is 5.56 Å². The van der Waals surface area contributed by atoms with Gasteiger partial charge in [-0.05, 0) is 49.5 Å². The van der Waals surface area contributed by atoms with Gasteiger partial charge in [-0.15, -0.1) is 0 Å². The molecule has 4 rings (SSSR count). The second kappa shape index (κ2) is 12.5. The van der Waals surface area contributed by atoms with Crippen LogP contribution < -0.4 is 24.4 Å². The number of carbonyl (C=O) groups is 1. The first-order valence-corrected chi connectivity index (χ1v) is 14.3. The molecule has 3 aromatic rings. The van der Waals surface area contributed by atoms with E-state index in [2.05, 4.69) is 26.0 Å². The van der Waals surface area contributed by atoms with Crippen LogP contribution in [-0.2, 0) is 9.53 Å². The van der Waals surface area contributed by atoms with Crippen LogP contribution in [0.15, 0.2) is 63.5 Å². The lowest BCUT2D eigenvalue weighted by Gasteiger charge is -2.26. The van der Waals surface area contributed by atoms with E-state index in [1.54, 1.807) is 18.6 Å².